The molecule has 0 bridgehead atoms. The minimum Gasteiger partial charge on any atom is -0.323 e. The predicted octanol–water partition coefficient (Wildman–Crippen LogP) is 2.24. The average Bonchev–Trinajstić information content (AvgIpc) is 2.35. The number of benzene rings is 1. The fourth-order valence-electron chi connectivity index (χ4n) is 2.13. The summed E-state index contributed by atoms with van der Waals surface area (Å²) in [7, 11) is 4.04. The van der Waals surface area contributed by atoms with Crippen LogP contribution in [0.4, 0.5) is 8.78 Å². The number of hydrogen-bond acceptors (Lipinski definition) is 3. The first-order valence-electron chi connectivity index (χ1n) is 7.01. The molecule has 0 amide bonds. The maximum Gasteiger partial charge on any atom is 0.130 e. The highest BCUT2D eigenvalue weighted by Gasteiger charge is 2.16. The maximum atomic E-state index is 13.7. The first-order chi connectivity index (χ1) is 9.43. The van der Waals surface area contributed by atoms with Crippen LogP contribution >= 0.6 is 0 Å². The van der Waals surface area contributed by atoms with Gasteiger partial charge in [-0.15, -0.1) is 0 Å². The van der Waals surface area contributed by atoms with Crippen LogP contribution in [-0.2, 0) is 0 Å². The molecule has 1 aromatic rings. The molecule has 5 heteroatoms. The molecule has 1 aromatic carbocycles. The summed E-state index contributed by atoms with van der Waals surface area (Å²) in [6, 6.07) is 3.14. The lowest BCUT2D eigenvalue weighted by molar-refractivity contribution is 0.228. The third-order valence-electron chi connectivity index (χ3n) is 3.22. The fraction of sp³-hybridized carbons (Fsp3) is 0.600. The Bertz CT molecular complexity index is 410. The molecule has 0 radical (unpaired) electrons. The second-order valence-electron chi connectivity index (χ2n) is 5.38. The summed E-state index contributed by atoms with van der Waals surface area (Å²) >= 11 is 0. The Morgan fingerprint density at radius 3 is 2.40 bits per heavy atom. The predicted molar refractivity (Wildman–Crippen MR) is 78.6 cm³/mol. The van der Waals surface area contributed by atoms with E-state index in [0.717, 1.165) is 32.1 Å². The van der Waals surface area contributed by atoms with Crippen LogP contribution in [0.3, 0.4) is 0 Å². The molecule has 0 aromatic heterocycles. The van der Waals surface area contributed by atoms with Gasteiger partial charge in [0.15, 0.2) is 0 Å². The van der Waals surface area contributed by atoms with Crippen LogP contribution in [0, 0.1) is 11.6 Å². The van der Waals surface area contributed by atoms with Crippen molar-refractivity contribution >= 4 is 0 Å². The SMILES string of the molecule is CCCN(CCN(C)C)CC(N)c1ccc(F)cc1F. The highest BCUT2D eigenvalue weighted by atomic mass is 19.1. The molecule has 114 valence electrons. The van der Waals surface area contributed by atoms with Gasteiger partial charge in [-0.3, -0.25) is 0 Å². The van der Waals surface area contributed by atoms with Crippen LogP contribution < -0.4 is 5.73 Å². The van der Waals surface area contributed by atoms with E-state index >= 15 is 0 Å². The lowest BCUT2D eigenvalue weighted by atomic mass is 10.1. The summed E-state index contributed by atoms with van der Waals surface area (Å²) in [6.07, 6.45) is 1.02. The molecule has 3 nitrogen and oxygen atoms in total. The molecule has 0 aliphatic rings. The molecule has 20 heavy (non-hydrogen) atoms. The molecular weight excluding hydrogens is 260 g/mol. The van der Waals surface area contributed by atoms with E-state index in [1.807, 2.05) is 14.1 Å². The van der Waals surface area contributed by atoms with Gasteiger partial charge < -0.3 is 15.5 Å². The highest BCUT2D eigenvalue weighted by Crippen LogP contribution is 2.17. The number of nitrogens with two attached hydrogens (primary N) is 1. The molecule has 0 aliphatic carbocycles. The standard InChI is InChI=1S/C15H25F2N3/c1-4-7-20(9-8-19(2)3)11-15(18)13-6-5-12(16)10-14(13)17/h5-6,10,15H,4,7-9,11,18H2,1-3H3. The average molecular weight is 285 g/mol. The van der Waals surface area contributed by atoms with Crippen LogP contribution in [0.2, 0.25) is 0 Å². The van der Waals surface area contributed by atoms with E-state index in [-0.39, 0.29) is 0 Å². The van der Waals surface area contributed by atoms with Gasteiger partial charge in [0, 0.05) is 37.3 Å². The first-order valence-corrected chi connectivity index (χ1v) is 7.01. The largest absolute Gasteiger partial charge is 0.323 e. The Morgan fingerprint density at radius 2 is 1.85 bits per heavy atom. The molecule has 1 atom stereocenters. The van der Waals surface area contributed by atoms with Crippen molar-refractivity contribution in [2.24, 2.45) is 5.73 Å². The Morgan fingerprint density at radius 1 is 1.15 bits per heavy atom. The monoisotopic (exact) mass is 285 g/mol. The molecular formula is C15H25F2N3. The van der Waals surface area contributed by atoms with Gasteiger partial charge in [0.2, 0.25) is 0 Å². The topological polar surface area (TPSA) is 32.5 Å². The summed E-state index contributed by atoms with van der Waals surface area (Å²) in [4.78, 5) is 4.32. The van der Waals surface area contributed by atoms with Crippen molar-refractivity contribution in [3.63, 3.8) is 0 Å². The summed E-state index contributed by atoms with van der Waals surface area (Å²) in [6.45, 7) is 5.41. The molecule has 0 saturated heterocycles. The van der Waals surface area contributed by atoms with Gasteiger partial charge in [-0.1, -0.05) is 13.0 Å². The Labute approximate surface area is 120 Å². The molecule has 1 rings (SSSR count). The molecule has 0 fully saturated rings. The zero-order valence-electron chi connectivity index (χ0n) is 12.6. The van der Waals surface area contributed by atoms with Crippen LogP contribution in [0.5, 0.6) is 0 Å². The quantitative estimate of drug-likeness (QED) is 0.795. The summed E-state index contributed by atoms with van der Waals surface area (Å²) in [5.41, 5.74) is 6.44. The van der Waals surface area contributed by atoms with E-state index < -0.39 is 17.7 Å². The van der Waals surface area contributed by atoms with Gasteiger partial charge in [-0.05, 0) is 33.1 Å². The van der Waals surface area contributed by atoms with Gasteiger partial charge in [0.25, 0.3) is 0 Å². The molecule has 2 N–H and O–H groups in total. The number of rotatable bonds is 8. The van der Waals surface area contributed by atoms with Crippen molar-refractivity contribution in [1.82, 2.24) is 9.80 Å². The van der Waals surface area contributed by atoms with Crippen LogP contribution in [-0.4, -0.2) is 50.1 Å². The highest BCUT2D eigenvalue weighted by molar-refractivity contribution is 5.22. The minimum absolute atomic E-state index is 0.373. The van der Waals surface area contributed by atoms with E-state index in [1.165, 1.54) is 12.1 Å². The van der Waals surface area contributed by atoms with Gasteiger partial charge >= 0.3 is 0 Å². The van der Waals surface area contributed by atoms with Crippen molar-refractivity contribution in [2.75, 3.05) is 40.3 Å². The first kappa shape index (κ1) is 17.0. The molecule has 0 aliphatic heterocycles. The minimum atomic E-state index is -0.573. The third kappa shape index (κ3) is 5.53. The normalized spacial score (nSPS) is 13.2. The smallest absolute Gasteiger partial charge is 0.130 e. The zero-order chi connectivity index (χ0) is 15.1. The van der Waals surface area contributed by atoms with Gasteiger partial charge in [-0.25, -0.2) is 8.78 Å². The molecule has 1 unspecified atom stereocenters. The Hall–Kier alpha value is -1.04. The number of hydrogen-bond donors (Lipinski definition) is 1. The van der Waals surface area contributed by atoms with E-state index in [2.05, 4.69) is 16.7 Å². The van der Waals surface area contributed by atoms with Crippen molar-refractivity contribution in [2.45, 2.75) is 19.4 Å². The van der Waals surface area contributed by atoms with Crippen molar-refractivity contribution in [3.8, 4) is 0 Å². The molecule has 0 heterocycles. The lowest BCUT2D eigenvalue weighted by Gasteiger charge is -2.26. The van der Waals surface area contributed by atoms with E-state index in [4.69, 9.17) is 5.73 Å². The second kappa shape index (κ2) is 8.29. The van der Waals surface area contributed by atoms with Crippen molar-refractivity contribution < 1.29 is 8.78 Å². The van der Waals surface area contributed by atoms with E-state index in [9.17, 15) is 8.78 Å². The molecule has 0 saturated carbocycles. The molecule has 0 spiro atoms. The van der Waals surface area contributed by atoms with Crippen LogP contribution in [0.15, 0.2) is 18.2 Å². The van der Waals surface area contributed by atoms with Gasteiger partial charge in [-0.2, -0.15) is 0 Å². The summed E-state index contributed by atoms with van der Waals surface area (Å²) < 4.78 is 26.6. The Kier molecular flexibility index (Phi) is 7.05. The van der Waals surface area contributed by atoms with Crippen molar-refractivity contribution in [3.05, 3.63) is 35.4 Å². The van der Waals surface area contributed by atoms with E-state index in [1.54, 1.807) is 0 Å². The Balaban J connectivity index is 2.66. The number of likely N-dealkylation sites (N-methyl/N-ethyl adjacent to an activating group) is 1. The maximum absolute atomic E-state index is 13.7. The van der Waals surface area contributed by atoms with Crippen LogP contribution in [0.1, 0.15) is 24.9 Å². The fourth-order valence-corrected chi connectivity index (χ4v) is 2.13. The summed E-state index contributed by atoms with van der Waals surface area (Å²) in [5, 5.41) is 0. The number of nitrogens with zero attached hydrogens (tertiary/aromatic N) is 2. The second-order valence-corrected chi connectivity index (χ2v) is 5.38. The number of halogens is 2. The van der Waals surface area contributed by atoms with Gasteiger partial charge in [0.05, 0.1) is 0 Å². The van der Waals surface area contributed by atoms with Crippen LogP contribution in [0.25, 0.3) is 0 Å². The van der Waals surface area contributed by atoms with Gasteiger partial charge in [0.1, 0.15) is 11.6 Å². The third-order valence-corrected chi connectivity index (χ3v) is 3.22. The van der Waals surface area contributed by atoms with E-state index in [0.29, 0.717) is 12.1 Å². The zero-order valence-corrected chi connectivity index (χ0v) is 12.6. The summed E-state index contributed by atoms with van der Waals surface area (Å²) in [5.74, 6) is -1.14. The lowest BCUT2D eigenvalue weighted by Crippen LogP contribution is -2.37. The van der Waals surface area contributed by atoms with Crippen molar-refractivity contribution in [1.29, 1.82) is 0 Å².